The molecule has 0 atom stereocenters. The van der Waals surface area contributed by atoms with Crippen molar-refractivity contribution in [2.45, 2.75) is 263 Å². The molecule has 6 nitrogen and oxygen atoms in total. The van der Waals surface area contributed by atoms with E-state index in [2.05, 4.69) is 211 Å². The second-order valence-corrected chi connectivity index (χ2v) is 32.0. The third-order valence-electron chi connectivity index (χ3n) is 17.9. The summed E-state index contributed by atoms with van der Waals surface area (Å²) in [5, 5.41) is 0. The molecule has 2 heterocycles. The lowest BCUT2D eigenvalue weighted by molar-refractivity contribution is 0.0916. The molecule has 0 amide bonds. The fourth-order valence-corrected chi connectivity index (χ4v) is 13.4. The van der Waals surface area contributed by atoms with E-state index in [1.54, 1.807) is 0 Å². The highest BCUT2D eigenvalue weighted by Gasteiger charge is 2.33. The molecule has 2 aliphatic heterocycles. The number of hydrogen-bond acceptors (Lipinski definition) is 6. The largest absolute Gasteiger partial charge is 0.306 e. The van der Waals surface area contributed by atoms with Crippen LogP contribution in [0.25, 0.3) is 0 Å². The molecule has 0 aromatic rings. The third-order valence-corrected chi connectivity index (χ3v) is 17.9. The average molecular weight is 1020 g/mol. The van der Waals surface area contributed by atoms with Crippen LogP contribution in [0.3, 0.4) is 0 Å². The van der Waals surface area contributed by atoms with Crippen molar-refractivity contribution in [3.8, 4) is 0 Å². The molecule has 72 heavy (non-hydrogen) atoms. The highest BCUT2D eigenvalue weighted by atomic mass is 15.2. The molecule has 2 saturated heterocycles. The fourth-order valence-electron chi connectivity index (χ4n) is 13.4. The Morgan fingerprint density at radius 1 is 0.333 bits per heavy atom. The van der Waals surface area contributed by atoms with Crippen molar-refractivity contribution in [3.63, 3.8) is 0 Å². The first-order valence-electron chi connectivity index (χ1n) is 31.0. The number of hydrogen-bond donors (Lipinski definition) is 0. The number of rotatable bonds is 10. The van der Waals surface area contributed by atoms with Crippen LogP contribution < -0.4 is 0 Å². The van der Waals surface area contributed by atoms with Gasteiger partial charge in [0.05, 0.1) is 0 Å². The van der Waals surface area contributed by atoms with Gasteiger partial charge in [-0.2, -0.15) is 0 Å². The van der Waals surface area contributed by atoms with Gasteiger partial charge < -0.3 is 29.4 Å². The van der Waals surface area contributed by atoms with Gasteiger partial charge in [-0.3, -0.25) is 0 Å². The standard InChI is InChI=1S/C13H27N.4C11H23N.C9H19N/c1-13(2,3)10-11-6-8-12(9-7-11)14(4)5;1-11(2,3)8-9-6-10(7-9)12(4)5;1-11(2,3)9-10-5-7-12(4)8-6-10;2*1-9(2)10-5-7-11(8-6-10)12(3)4;1-9(2,3)5-8-6-10(4)7-8/h11-12H,6-10H2,1-5H3;9-10H,6-8H2,1-5H3;10H,5-9H2,1-4H3;2*9-11H,5-8H2,1-4H3;8H,5-7H2,1-4H3. The first-order valence-corrected chi connectivity index (χ1v) is 31.0. The van der Waals surface area contributed by atoms with E-state index < -0.39 is 0 Å². The Kier molecular flexibility index (Phi) is 32.2. The van der Waals surface area contributed by atoms with Crippen LogP contribution in [0.5, 0.6) is 0 Å². The molecule has 6 fully saturated rings. The zero-order chi connectivity index (χ0) is 55.4. The molecule has 0 aromatic heterocycles. The average Bonchev–Trinajstić information content (AvgIpc) is 3.22. The Labute approximate surface area is 456 Å². The first-order chi connectivity index (χ1) is 32.9. The molecule has 0 spiro atoms. The Morgan fingerprint density at radius 2 is 0.597 bits per heavy atom. The molecule has 0 bridgehead atoms. The minimum atomic E-state index is 0.523. The van der Waals surface area contributed by atoms with Gasteiger partial charge in [0.2, 0.25) is 0 Å². The topological polar surface area (TPSA) is 19.4 Å². The maximum Gasteiger partial charge on any atom is 0.00944 e. The minimum absolute atomic E-state index is 0.523. The van der Waals surface area contributed by atoms with Gasteiger partial charge >= 0.3 is 0 Å². The smallest absolute Gasteiger partial charge is 0.00944 e. The van der Waals surface area contributed by atoms with Crippen molar-refractivity contribution in [2.24, 2.45) is 69.0 Å². The highest BCUT2D eigenvalue weighted by Crippen LogP contribution is 2.39. The number of likely N-dealkylation sites (tertiary alicyclic amines) is 2. The van der Waals surface area contributed by atoms with Crippen LogP contribution in [0.1, 0.15) is 239 Å². The summed E-state index contributed by atoms with van der Waals surface area (Å²) in [7, 11) is 22.1. The zero-order valence-corrected chi connectivity index (χ0v) is 54.6. The van der Waals surface area contributed by atoms with Gasteiger partial charge in [0.1, 0.15) is 0 Å². The van der Waals surface area contributed by atoms with Gasteiger partial charge in [-0.25, -0.2) is 0 Å². The van der Waals surface area contributed by atoms with Crippen molar-refractivity contribution in [1.82, 2.24) is 29.4 Å². The van der Waals surface area contributed by atoms with Gasteiger partial charge in [0.25, 0.3) is 0 Å². The molecule has 6 aliphatic rings. The van der Waals surface area contributed by atoms with Crippen LogP contribution in [-0.4, -0.2) is 150 Å². The maximum absolute atomic E-state index is 2.44. The Hall–Kier alpha value is -0.240. The Balaban J connectivity index is 0.000000433. The lowest BCUT2D eigenvalue weighted by Gasteiger charge is -2.42. The predicted octanol–water partition coefficient (Wildman–Crippen LogP) is 16.6. The SMILES string of the molecule is CC(C)C1CCC(N(C)C)CC1.CC(C)C1CCC(N(C)C)CC1.CN(C)C1CC(CC(C)(C)C)C1.CN(C)C1CCC(CC(C)(C)C)CC1.CN1CC(CC(C)(C)C)C1.CN1CCC(CC(C)(C)C)CC1. The fraction of sp³-hybridized carbons (Fsp3) is 1.00. The maximum atomic E-state index is 2.44. The third kappa shape index (κ3) is 33.1. The normalized spacial score (nSPS) is 28.3. The van der Waals surface area contributed by atoms with Crippen LogP contribution in [0.2, 0.25) is 0 Å². The summed E-state index contributed by atoms with van der Waals surface area (Å²) in [6, 6.07) is 3.45. The summed E-state index contributed by atoms with van der Waals surface area (Å²) < 4.78 is 0. The molecule has 4 saturated carbocycles. The molecule has 6 rings (SSSR count). The Morgan fingerprint density at radius 3 is 0.861 bits per heavy atom. The van der Waals surface area contributed by atoms with E-state index in [4.69, 9.17) is 0 Å². The van der Waals surface area contributed by atoms with Crippen molar-refractivity contribution in [1.29, 1.82) is 0 Å². The Bertz CT molecular complexity index is 1230. The second-order valence-electron chi connectivity index (χ2n) is 32.0. The summed E-state index contributed by atoms with van der Waals surface area (Å²) >= 11 is 0. The predicted molar refractivity (Wildman–Crippen MR) is 326 cm³/mol. The first kappa shape index (κ1) is 69.8. The quantitative estimate of drug-likeness (QED) is 0.216. The molecular formula is C66H138N6. The monoisotopic (exact) mass is 1020 g/mol. The van der Waals surface area contributed by atoms with Crippen molar-refractivity contribution >= 4 is 0 Å². The number of piperidine rings is 1. The van der Waals surface area contributed by atoms with Gasteiger partial charge in [-0.15, -0.1) is 0 Å². The van der Waals surface area contributed by atoms with E-state index >= 15 is 0 Å². The van der Waals surface area contributed by atoms with Crippen LogP contribution in [0, 0.1) is 69.0 Å². The van der Waals surface area contributed by atoms with Crippen LogP contribution in [0.4, 0.5) is 0 Å². The van der Waals surface area contributed by atoms with E-state index in [1.807, 2.05) is 0 Å². The van der Waals surface area contributed by atoms with Crippen LogP contribution in [0.15, 0.2) is 0 Å². The molecule has 0 aromatic carbocycles. The van der Waals surface area contributed by atoms with E-state index in [0.29, 0.717) is 21.7 Å². The summed E-state index contributed by atoms with van der Waals surface area (Å²) in [4.78, 5) is 14.4. The van der Waals surface area contributed by atoms with E-state index in [9.17, 15) is 0 Å². The molecule has 432 valence electrons. The van der Waals surface area contributed by atoms with E-state index in [0.717, 1.165) is 71.5 Å². The molecule has 0 unspecified atom stereocenters. The molecule has 6 heteroatoms. The molecular weight excluding hydrogens is 877 g/mol. The lowest BCUT2D eigenvalue weighted by atomic mass is 9.71. The zero-order valence-electron chi connectivity index (χ0n) is 54.6. The van der Waals surface area contributed by atoms with E-state index in [1.165, 1.54) is 155 Å². The van der Waals surface area contributed by atoms with Crippen molar-refractivity contribution in [3.05, 3.63) is 0 Å². The van der Waals surface area contributed by atoms with Crippen LogP contribution in [-0.2, 0) is 0 Å². The van der Waals surface area contributed by atoms with Crippen molar-refractivity contribution < 1.29 is 0 Å². The summed E-state index contributed by atoms with van der Waals surface area (Å²) in [6.07, 6.45) is 28.4. The summed E-state index contributed by atoms with van der Waals surface area (Å²) in [6.45, 7) is 42.9. The lowest BCUT2D eigenvalue weighted by Crippen LogP contribution is -2.45. The molecule has 4 aliphatic carbocycles. The minimum Gasteiger partial charge on any atom is -0.306 e. The van der Waals surface area contributed by atoms with E-state index in [-0.39, 0.29) is 0 Å². The van der Waals surface area contributed by atoms with Gasteiger partial charge in [-0.1, -0.05) is 111 Å². The van der Waals surface area contributed by atoms with Crippen LogP contribution >= 0.6 is 0 Å². The highest BCUT2D eigenvalue weighted by molar-refractivity contribution is 4.87. The summed E-state index contributed by atoms with van der Waals surface area (Å²) in [5.74, 6) is 7.75. The second kappa shape index (κ2) is 33.3. The van der Waals surface area contributed by atoms with Gasteiger partial charge in [0.15, 0.2) is 0 Å². The summed E-state index contributed by atoms with van der Waals surface area (Å²) in [5.41, 5.74) is 2.12. The van der Waals surface area contributed by atoms with Gasteiger partial charge in [-0.05, 0) is 281 Å². The molecule has 0 radical (unpaired) electrons. The van der Waals surface area contributed by atoms with Gasteiger partial charge in [0, 0.05) is 37.3 Å². The van der Waals surface area contributed by atoms with Crippen molar-refractivity contribution in [2.75, 3.05) is 96.7 Å². The number of nitrogens with zero attached hydrogens (tertiary/aromatic N) is 6. The molecule has 0 N–H and O–H groups in total.